The number of hydrogen-bond donors (Lipinski definition) is 2. The van der Waals surface area contributed by atoms with Gasteiger partial charge in [0.05, 0.1) is 11.8 Å². The third-order valence-electron chi connectivity index (χ3n) is 6.08. The number of hydrogen-bond acceptors (Lipinski definition) is 5. The molecule has 6 nitrogen and oxygen atoms in total. The maximum Gasteiger partial charge on any atom is 0.250 e. The molecule has 0 aliphatic carbocycles. The zero-order valence-electron chi connectivity index (χ0n) is 15.7. The summed E-state index contributed by atoms with van der Waals surface area (Å²) in [6, 6.07) is 7.31. The molecule has 144 valence electrons. The average Bonchev–Trinajstić information content (AvgIpc) is 3.24. The molecule has 1 spiro atoms. The van der Waals surface area contributed by atoms with Gasteiger partial charge in [0.2, 0.25) is 17.7 Å². The summed E-state index contributed by atoms with van der Waals surface area (Å²) < 4.78 is 0. The molecule has 1 aromatic carbocycles. The third-order valence-corrected chi connectivity index (χ3v) is 6.73. The Morgan fingerprint density at radius 2 is 1.96 bits per heavy atom. The molecular weight excluding hydrogens is 362 g/mol. The molecule has 1 aromatic rings. The van der Waals surface area contributed by atoms with Crippen LogP contribution < -0.4 is 10.6 Å². The number of unbranched alkanes of at least 4 members (excludes halogenated alkanes) is 1. The number of rotatable bonds is 6. The normalized spacial score (nSPS) is 31.6. The Hall–Kier alpha value is -1.86. The van der Waals surface area contributed by atoms with Gasteiger partial charge in [-0.05, 0) is 30.9 Å². The Morgan fingerprint density at radius 1 is 1.19 bits per heavy atom. The van der Waals surface area contributed by atoms with Crippen LogP contribution in [0.2, 0.25) is 0 Å². The molecule has 0 unspecified atom stereocenters. The van der Waals surface area contributed by atoms with E-state index in [1.807, 2.05) is 37.4 Å². The van der Waals surface area contributed by atoms with Crippen molar-refractivity contribution in [2.75, 3.05) is 23.9 Å². The molecule has 3 heterocycles. The largest absolute Gasteiger partial charge is 0.324 e. The van der Waals surface area contributed by atoms with E-state index in [2.05, 4.69) is 10.6 Å². The molecule has 3 amide bonds. The highest BCUT2D eigenvalue weighted by Crippen LogP contribution is 2.53. The molecule has 7 heteroatoms. The van der Waals surface area contributed by atoms with Crippen molar-refractivity contribution in [2.45, 2.75) is 37.8 Å². The quantitative estimate of drug-likeness (QED) is 0.730. The lowest BCUT2D eigenvalue weighted by molar-refractivity contribution is -0.142. The molecule has 0 saturated carbocycles. The highest BCUT2D eigenvalue weighted by Gasteiger charge is 2.70. The van der Waals surface area contributed by atoms with Crippen molar-refractivity contribution < 1.29 is 14.4 Å². The van der Waals surface area contributed by atoms with Gasteiger partial charge in [-0.3, -0.25) is 24.6 Å². The maximum atomic E-state index is 13.3. The first-order valence-corrected chi connectivity index (χ1v) is 11.0. The third kappa shape index (κ3) is 2.55. The number of thioether (sulfide) groups is 1. The molecule has 3 aliphatic rings. The van der Waals surface area contributed by atoms with Crippen LogP contribution >= 0.6 is 11.8 Å². The number of carbonyl (C=O) groups is 3. The van der Waals surface area contributed by atoms with Gasteiger partial charge in [-0.25, -0.2) is 0 Å². The lowest BCUT2D eigenvalue weighted by atomic mass is 9.76. The van der Waals surface area contributed by atoms with Crippen LogP contribution in [0.1, 0.15) is 31.7 Å². The van der Waals surface area contributed by atoms with Crippen molar-refractivity contribution in [2.24, 2.45) is 11.8 Å². The summed E-state index contributed by atoms with van der Waals surface area (Å²) >= 11 is 1.71. The van der Waals surface area contributed by atoms with Crippen LogP contribution in [0, 0.1) is 11.8 Å². The lowest BCUT2D eigenvalue weighted by Gasteiger charge is -2.29. The van der Waals surface area contributed by atoms with Gasteiger partial charge < -0.3 is 5.32 Å². The second-order valence-corrected chi connectivity index (χ2v) is 8.51. The predicted molar refractivity (Wildman–Crippen MR) is 105 cm³/mol. The van der Waals surface area contributed by atoms with Crippen LogP contribution in [0.4, 0.5) is 5.69 Å². The number of para-hydroxylation sites is 1. The standard InChI is InChI=1S/C20H25N3O3S/c1-3-4-10-23-17(24)15-14(9-11-27-2)22-20(16(15)18(23)25)12-7-5-6-8-13(12)21-19(20)26/h5-8,14-16,22H,3-4,9-11H2,1-2H3,(H,21,26)/t14-,15+,16-,20-/m0/s1. The van der Waals surface area contributed by atoms with E-state index in [4.69, 9.17) is 0 Å². The zero-order valence-corrected chi connectivity index (χ0v) is 16.5. The average molecular weight is 388 g/mol. The fourth-order valence-corrected chi connectivity index (χ4v) is 5.34. The Labute approximate surface area is 163 Å². The smallest absolute Gasteiger partial charge is 0.250 e. The van der Waals surface area contributed by atoms with E-state index in [1.165, 1.54) is 4.90 Å². The number of fused-ring (bicyclic) bond motifs is 4. The first kappa shape index (κ1) is 18.5. The molecule has 0 aromatic heterocycles. The van der Waals surface area contributed by atoms with E-state index in [9.17, 15) is 14.4 Å². The minimum Gasteiger partial charge on any atom is -0.324 e. The van der Waals surface area contributed by atoms with Gasteiger partial charge in [-0.1, -0.05) is 31.5 Å². The van der Waals surface area contributed by atoms with Crippen molar-refractivity contribution in [1.82, 2.24) is 10.2 Å². The first-order valence-electron chi connectivity index (χ1n) is 9.59. The highest BCUT2D eigenvalue weighted by atomic mass is 32.2. The molecule has 4 rings (SSSR count). The van der Waals surface area contributed by atoms with Gasteiger partial charge in [0, 0.05) is 23.8 Å². The Kier molecular flexibility index (Phi) is 4.76. The van der Waals surface area contributed by atoms with Crippen LogP contribution in [0.5, 0.6) is 0 Å². The van der Waals surface area contributed by atoms with E-state index < -0.39 is 17.4 Å². The molecular formula is C20H25N3O3S. The zero-order chi connectivity index (χ0) is 19.2. The van der Waals surface area contributed by atoms with Gasteiger partial charge in [-0.15, -0.1) is 0 Å². The number of benzene rings is 1. The molecule has 4 atom stereocenters. The van der Waals surface area contributed by atoms with Gasteiger partial charge in [0.15, 0.2) is 0 Å². The number of carbonyl (C=O) groups excluding carboxylic acids is 3. The fraction of sp³-hybridized carbons (Fsp3) is 0.550. The SMILES string of the molecule is CCCCN1C(=O)[C@@H]2[C@H](CCSC)N[C@]3(C(=O)Nc4ccccc43)[C@@H]2C1=O. The molecule has 2 saturated heterocycles. The van der Waals surface area contributed by atoms with Gasteiger partial charge in [0.1, 0.15) is 5.54 Å². The summed E-state index contributed by atoms with van der Waals surface area (Å²) in [6.07, 6.45) is 4.47. The maximum absolute atomic E-state index is 13.3. The van der Waals surface area contributed by atoms with Crippen LogP contribution in [-0.2, 0) is 19.9 Å². The van der Waals surface area contributed by atoms with E-state index >= 15 is 0 Å². The monoisotopic (exact) mass is 387 g/mol. The first-order chi connectivity index (χ1) is 13.1. The van der Waals surface area contributed by atoms with Crippen molar-refractivity contribution in [1.29, 1.82) is 0 Å². The molecule has 27 heavy (non-hydrogen) atoms. The Balaban J connectivity index is 1.79. The van der Waals surface area contributed by atoms with E-state index in [0.29, 0.717) is 6.54 Å². The molecule has 2 fully saturated rings. The molecule has 2 N–H and O–H groups in total. The van der Waals surface area contributed by atoms with E-state index in [0.717, 1.165) is 36.3 Å². The summed E-state index contributed by atoms with van der Waals surface area (Å²) in [4.78, 5) is 41.0. The molecule has 0 bridgehead atoms. The molecule has 3 aliphatic heterocycles. The summed E-state index contributed by atoms with van der Waals surface area (Å²) in [5, 5.41) is 6.38. The van der Waals surface area contributed by atoms with Crippen molar-refractivity contribution in [3.63, 3.8) is 0 Å². The second-order valence-electron chi connectivity index (χ2n) is 7.53. The van der Waals surface area contributed by atoms with Gasteiger partial charge in [0.25, 0.3) is 0 Å². The number of nitrogens with one attached hydrogen (secondary N) is 2. The van der Waals surface area contributed by atoms with Gasteiger partial charge >= 0.3 is 0 Å². The Bertz CT molecular complexity index is 798. The highest BCUT2D eigenvalue weighted by molar-refractivity contribution is 7.98. The van der Waals surface area contributed by atoms with Crippen molar-refractivity contribution >= 4 is 35.2 Å². The summed E-state index contributed by atoms with van der Waals surface area (Å²) in [6.45, 7) is 2.48. The van der Waals surface area contributed by atoms with Gasteiger partial charge in [-0.2, -0.15) is 11.8 Å². The minimum absolute atomic E-state index is 0.119. The number of amides is 3. The summed E-state index contributed by atoms with van der Waals surface area (Å²) in [5.74, 6) is -0.813. The second kappa shape index (κ2) is 6.95. The molecule has 0 radical (unpaired) electrons. The van der Waals surface area contributed by atoms with Crippen LogP contribution in [0.15, 0.2) is 24.3 Å². The van der Waals surface area contributed by atoms with Crippen LogP contribution in [0.25, 0.3) is 0 Å². The summed E-state index contributed by atoms with van der Waals surface area (Å²) in [5.41, 5.74) is 0.375. The minimum atomic E-state index is -1.14. The number of imide groups is 1. The topological polar surface area (TPSA) is 78.5 Å². The number of anilines is 1. The summed E-state index contributed by atoms with van der Waals surface area (Å²) in [7, 11) is 0. The number of likely N-dealkylation sites (tertiary alicyclic amines) is 1. The lowest BCUT2D eigenvalue weighted by Crippen LogP contribution is -2.53. The van der Waals surface area contributed by atoms with Crippen LogP contribution in [0.3, 0.4) is 0 Å². The van der Waals surface area contributed by atoms with Crippen molar-refractivity contribution in [3.8, 4) is 0 Å². The Morgan fingerprint density at radius 3 is 2.70 bits per heavy atom. The predicted octanol–water partition coefficient (Wildman–Crippen LogP) is 1.96. The van der Waals surface area contributed by atoms with E-state index in [-0.39, 0.29) is 23.8 Å². The van der Waals surface area contributed by atoms with Crippen molar-refractivity contribution in [3.05, 3.63) is 29.8 Å². The van der Waals surface area contributed by atoms with E-state index in [1.54, 1.807) is 11.8 Å². The van der Waals surface area contributed by atoms with Crippen LogP contribution in [-0.4, -0.2) is 47.2 Å². The fourth-order valence-electron chi connectivity index (χ4n) is 4.85. The number of nitrogens with zero attached hydrogens (tertiary/aromatic N) is 1.